The Morgan fingerprint density at radius 3 is 2.52 bits per heavy atom. The van der Waals surface area contributed by atoms with Gasteiger partial charge in [-0.2, -0.15) is 8.78 Å². The summed E-state index contributed by atoms with van der Waals surface area (Å²) in [5.41, 5.74) is 1.000. The topological polar surface area (TPSA) is 64.1 Å². The fourth-order valence-electron chi connectivity index (χ4n) is 3.86. The number of hydrogen-bond acceptors (Lipinski definition) is 4. The lowest BCUT2D eigenvalue weighted by molar-refractivity contribution is -0.0512. The minimum Gasteiger partial charge on any atom is -0.493 e. The van der Waals surface area contributed by atoms with Crippen molar-refractivity contribution in [3.8, 4) is 11.5 Å². The van der Waals surface area contributed by atoms with Crippen molar-refractivity contribution in [3.05, 3.63) is 23.8 Å². The van der Waals surface area contributed by atoms with Gasteiger partial charge in [-0.05, 0) is 56.2 Å². The van der Waals surface area contributed by atoms with Gasteiger partial charge in [-0.15, -0.1) is 24.0 Å². The third kappa shape index (κ3) is 9.34. The monoisotopic (exact) mass is 555 g/mol. The van der Waals surface area contributed by atoms with Gasteiger partial charge in [0, 0.05) is 26.3 Å². The first-order valence-corrected chi connectivity index (χ1v) is 10.7. The number of hydrogen-bond donors (Lipinski definition) is 2. The van der Waals surface area contributed by atoms with Gasteiger partial charge in [0.25, 0.3) is 0 Å². The second-order valence-electron chi connectivity index (χ2n) is 7.57. The summed E-state index contributed by atoms with van der Waals surface area (Å²) in [5, 5.41) is 6.74. The molecule has 1 aromatic rings. The molecule has 6 nitrogen and oxygen atoms in total. The van der Waals surface area contributed by atoms with Gasteiger partial charge in [-0.1, -0.05) is 18.9 Å². The lowest BCUT2D eigenvalue weighted by Gasteiger charge is -2.30. The van der Waals surface area contributed by atoms with Crippen molar-refractivity contribution >= 4 is 29.9 Å². The number of alkyl halides is 2. The molecule has 0 aromatic heterocycles. The molecule has 31 heavy (non-hydrogen) atoms. The molecule has 1 aliphatic rings. The molecule has 1 aliphatic carbocycles. The zero-order chi connectivity index (χ0) is 21.8. The van der Waals surface area contributed by atoms with E-state index in [0.717, 1.165) is 38.3 Å². The summed E-state index contributed by atoms with van der Waals surface area (Å²) in [6.45, 7) is 4.57. The molecule has 0 saturated heterocycles. The molecule has 0 unspecified atom stereocenters. The molecule has 0 amide bonds. The molecule has 0 bridgehead atoms. The van der Waals surface area contributed by atoms with E-state index in [-0.39, 0.29) is 40.9 Å². The highest BCUT2D eigenvalue weighted by atomic mass is 127. The number of rotatable bonds is 12. The first-order chi connectivity index (χ1) is 14.5. The standard InChI is InChI=1S/C22H35F2N3O3.HI/c1-4-25-21(27-16-22(10-6-7-11-22)12-13-29-5-2)26-15-17-8-9-18(28-3)19(14-17)30-20(23)24;/h8-9,14,20H,4-7,10-13,15-16H2,1-3H3,(H2,25,26,27);1H. The van der Waals surface area contributed by atoms with Crippen molar-refractivity contribution in [1.82, 2.24) is 10.6 Å². The highest BCUT2D eigenvalue weighted by molar-refractivity contribution is 14.0. The predicted octanol–water partition coefficient (Wildman–Crippen LogP) is 4.96. The Morgan fingerprint density at radius 2 is 1.90 bits per heavy atom. The Kier molecular flexibility index (Phi) is 13.1. The number of nitrogens with zero attached hydrogens (tertiary/aromatic N) is 1. The average Bonchev–Trinajstić information content (AvgIpc) is 3.19. The van der Waals surface area contributed by atoms with Crippen LogP contribution in [0.1, 0.15) is 51.5 Å². The van der Waals surface area contributed by atoms with E-state index in [1.165, 1.54) is 32.8 Å². The summed E-state index contributed by atoms with van der Waals surface area (Å²) in [4.78, 5) is 4.63. The van der Waals surface area contributed by atoms with E-state index >= 15 is 0 Å². The molecular formula is C22H36F2IN3O3. The van der Waals surface area contributed by atoms with Crippen LogP contribution < -0.4 is 20.1 Å². The molecule has 9 heteroatoms. The Hall–Kier alpha value is -1.36. The van der Waals surface area contributed by atoms with Crippen LogP contribution in [0.2, 0.25) is 0 Å². The average molecular weight is 555 g/mol. The van der Waals surface area contributed by atoms with Crippen molar-refractivity contribution in [2.75, 3.05) is 33.4 Å². The minimum absolute atomic E-state index is 0. The number of nitrogens with one attached hydrogen (secondary N) is 2. The second kappa shape index (κ2) is 14.7. The molecule has 0 radical (unpaired) electrons. The minimum atomic E-state index is -2.91. The van der Waals surface area contributed by atoms with E-state index in [1.54, 1.807) is 18.2 Å². The van der Waals surface area contributed by atoms with Crippen LogP contribution in [0.15, 0.2) is 23.2 Å². The van der Waals surface area contributed by atoms with Crippen molar-refractivity contribution in [1.29, 1.82) is 0 Å². The molecule has 2 rings (SSSR count). The van der Waals surface area contributed by atoms with Crippen molar-refractivity contribution in [3.63, 3.8) is 0 Å². The van der Waals surface area contributed by atoms with Crippen LogP contribution in [0.5, 0.6) is 11.5 Å². The third-order valence-corrected chi connectivity index (χ3v) is 5.48. The lowest BCUT2D eigenvalue weighted by atomic mass is 9.83. The highest BCUT2D eigenvalue weighted by Gasteiger charge is 2.33. The number of aliphatic imine (C=N–C) groups is 1. The van der Waals surface area contributed by atoms with Gasteiger partial charge in [0.05, 0.1) is 13.7 Å². The zero-order valence-corrected chi connectivity index (χ0v) is 21.0. The van der Waals surface area contributed by atoms with Crippen LogP contribution in [-0.4, -0.2) is 46.0 Å². The lowest BCUT2D eigenvalue weighted by Crippen LogP contribution is -2.43. The van der Waals surface area contributed by atoms with E-state index in [2.05, 4.69) is 20.4 Å². The van der Waals surface area contributed by atoms with Gasteiger partial charge >= 0.3 is 6.61 Å². The Balaban J connectivity index is 0.00000480. The molecule has 0 heterocycles. The Morgan fingerprint density at radius 1 is 1.16 bits per heavy atom. The molecule has 178 valence electrons. The number of methoxy groups -OCH3 is 1. The maximum atomic E-state index is 12.6. The molecule has 0 aliphatic heterocycles. The van der Waals surface area contributed by atoms with Crippen molar-refractivity contribution in [2.24, 2.45) is 10.4 Å². The molecule has 0 spiro atoms. The summed E-state index contributed by atoms with van der Waals surface area (Å²) in [5.74, 6) is 0.997. The summed E-state index contributed by atoms with van der Waals surface area (Å²) in [6.07, 6.45) is 5.93. The summed E-state index contributed by atoms with van der Waals surface area (Å²) in [6, 6.07) is 4.95. The first-order valence-electron chi connectivity index (χ1n) is 10.7. The predicted molar refractivity (Wildman–Crippen MR) is 130 cm³/mol. The van der Waals surface area contributed by atoms with Gasteiger partial charge in [0.15, 0.2) is 17.5 Å². The Bertz CT molecular complexity index is 671. The summed E-state index contributed by atoms with van der Waals surface area (Å²) in [7, 11) is 1.42. The van der Waals surface area contributed by atoms with Crippen LogP contribution in [0, 0.1) is 5.41 Å². The molecule has 2 N–H and O–H groups in total. The number of benzene rings is 1. The SMILES string of the molecule is CCNC(=NCc1ccc(OC)c(OC(F)F)c1)NCC1(CCOCC)CCCC1.I. The third-order valence-electron chi connectivity index (χ3n) is 5.48. The summed E-state index contributed by atoms with van der Waals surface area (Å²) < 4.78 is 40.5. The fraction of sp³-hybridized carbons (Fsp3) is 0.682. The number of guanidine groups is 1. The fourth-order valence-corrected chi connectivity index (χ4v) is 3.86. The maximum Gasteiger partial charge on any atom is 0.387 e. The maximum absolute atomic E-state index is 12.6. The quantitative estimate of drug-likeness (QED) is 0.165. The normalized spacial score (nSPS) is 15.5. The van der Waals surface area contributed by atoms with Gasteiger partial charge in [-0.3, -0.25) is 0 Å². The van der Waals surface area contributed by atoms with E-state index < -0.39 is 6.61 Å². The van der Waals surface area contributed by atoms with Gasteiger partial charge in [0.2, 0.25) is 0 Å². The largest absolute Gasteiger partial charge is 0.493 e. The van der Waals surface area contributed by atoms with E-state index in [9.17, 15) is 8.78 Å². The van der Waals surface area contributed by atoms with E-state index in [1.807, 2.05) is 13.8 Å². The van der Waals surface area contributed by atoms with Crippen LogP contribution in [0.3, 0.4) is 0 Å². The molecule has 1 saturated carbocycles. The van der Waals surface area contributed by atoms with E-state index in [0.29, 0.717) is 12.5 Å². The smallest absolute Gasteiger partial charge is 0.387 e. The van der Waals surface area contributed by atoms with E-state index in [4.69, 9.17) is 9.47 Å². The molecule has 0 atom stereocenters. The summed E-state index contributed by atoms with van der Waals surface area (Å²) >= 11 is 0. The van der Waals surface area contributed by atoms with Crippen LogP contribution in [0.25, 0.3) is 0 Å². The molecular weight excluding hydrogens is 519 g/mol. The molecule has 1 fully saturated rings. The van der Waals surface area contributed by atoms with Crippen molar-refractivity contribution < 1.29 is 23.0 Å². The molecule has 1 aromatic carbocycles. The van der Waals surface area contributed by atoms with Gasteiger partial charge in [0.1, 0.15) is 0 Å². The Labute approximate surface area is 201 Å². The first kappa shape index (κ1) is 27.7. The van der Waals surface area contributed by atoms with Crippen LogP contribution >= 0.6 is 24.0 Å². The second-order valence-corrected chi connectivity index (χ2v) is 7.57. The van der Waals surface area contributed by atoms with Gasteiger partial charge in [-0.25, -0.2) is 4.99 Å². The van der Waals surface area contributed by atoms with Crippen LogP contribution in [0.4, 0.5) is 8.78 Å². The van der Waals surface area contributed by atoms with Crippen molar-refractivity contribution in [2.45, 2.75) is 59.1 Å². The zero-order valence-electron chi connectivity index (χ0n) is 18.7. The number of halogens is 3. The van der Waals surface area contributed by atoms with Gasteiger partial charge < -0.3 is 24.8 Å². The highest BCUT2D eigenvalue weighted by Crippen LogP contribution is 2.40. The van der Waals surface area contributed by atoms with Crippen LogP contribution in [-0.2, 0) is 11.3 Å². The number of ether oxygens (including phenoxy) is 3.